The summed E-state index contributed by atoms with van der Waals surface area (Å²) in [6.07, 6.45) is 2.45. The van der Waals surface area contributed by atoms with Gasteiger partial charge in [-0.05, 0) is 6.42 Å². The number of nitrogens with zero attached hydrogens (tertiary/aromatic N) is 2. The van der Waals surface area contributed by atoms with E-state index >= 15 is 0 Å². The second kappa shape index (κ2) is 3.44. The molecule has 0 radical (unpaired) electrons. The molecule has 0 fully saturated rings. The molecular weight excluding hydrogens is 154 g/mol. The molecule has 1 unspecified atom stereocenters. The zero-order valence-corrected chi connectivity index (χ0v) is 7.20. The highest BCUT2D eigenvalue weighted by molar-refractivity contribution is 5.57. The summed E-state index contributed by atoms with van der Waals surface area (Å²) in [5, 5.41) is 4.04. The molecule has 0 amide bonds. The van der Waals surface area contributed by atoms with Crippen molar-refractivity contribution < 1.29 is 0 Å². The molecule has 0 aliphatic carbocycles. The van der Waals surface area contributed by atoms with E-state index in [1.165, 1.54) is 0 Å². The van der Waals surface area contributed by atoms with Gasteiger partial charge in [-0.3, -0.25) is 0 Å². The molecule has 1 rings (SSSR count). The van der Waals surface area contributed by atoms with E-state index in [9.17, 15) is 0 Å². The molecule has 5 nitrogen and oxygen atoms in total. The van der Waals surface area contributed by atoms with Gasteiger partial charge >= 0.3 is 0 Å². The van der Waals surface area contributed by atoms with Crippen LogP contribution in [0.3, 0.4) is 0 Å². The lowest BCUT2D eigenvalue weighted by molar-refractivity contribution is 0.456. The fraction of sp³-hybridized carbons (Fsp3) is 0.571. The third kappa shape index (κ3) is 1.35. The molecule has 0 aliphatic heterocycles. The van der Waals surface area contributed by atoms with Crippen molar-refractivity contribution in [3.63, 3.8) is 0 Å². The fourth-order valence-electron chi connectivity index (χ4n) is 1.12. The largest absolute Gasteiger partial charge is 0.394 e. The second-order valence-electron chi connectivity index (χ2n) is 2.73. The van der Waals surface area contributed by atoms with Gasteiger partial charge in [-0.2, -0.15) is 5.10 Å². The summed E-state index contributed by atoms with van der Waals surface area (Å²) in [6, 6.07) is 0.155. The van der Waals surface area contributed by atoms with Crippen LogP contribution in [0.1, 0.15) is 19.4 Å². The Kier molecular flexibility index (Phi) is 2.54. The fourth-order valence-corrected chi connectivity index (χ4v) is 1.12. The van der Waals surface area contributed by atoms with Crippen LogP contribution in [0.5, 0.6) is 0 Å². The van der Waals surface area contributed by atoms with Gasteiger partial charge in [0, 0.05) is 6.54 Å². The summed E-state index contributed by atoms with van der Waals surface area (Å²) < 4.78 is 1.68. The van der Waals surface area contributed by atoms with E-state index in [4.69, 9.17) is 17.2 Å². The minimum Gasteiger partial charge on any atom is -0.394 e. The van der Waals surface area contributed by atoms with Gasteiger partial charge in [0.15, 0.2) is 0 Å². The van der Waals surface area contributed by atoms with Gasteiger partial charge in [0.05, 0.1) is 17.9 Å². The van der Waals surface area contributed by atoms with Crippen molar-refractivity contribution in [3.05, 3.63) is 6.20 Å². The van der Waals surface area contributed by atoms with Gasteiger partial charge in [-0.25, -0.2) is 4.68 Å². The summed E-state index contributed by atoms with van der Waals surface area (Å²) in [5.74, 6) is 0.507. The number of anilines is 2. The summed E-state index contributed by atoms with van der Waals surface area (Å²) in [6.45, 7) is 2.57. The van der Waals surface area contributed by atoms with Crippen LogP contribution in [0.4, 0.5) is 11.5 Å². The topological polar surface area (TPSA) is 95.9 Å². The molecule has 1 heterocycles. The number of aromatic nitrogens is 2. The van der Waals surface area contributed by atoms with Crippen LogP contribution in [0, 0.1) is 0 Å². The maximum Gasteiger partial charge on any atom is 0.145 e. The van der Waals surface area contributed by atoms with E-state index < -0.39 is 0 Å². The van der Waals surface area contributed by atoms with Crippen LogP contribution in [-0.2, 0) is 0 Å². The van der Waals surface area contributed by atoms with Crippen LogP contribution in [0.25, 0.3) is 0 Å². The van der Waals surface area contributed by atoms with Crippen LogP contribution in [0.2, 0.25) is 0 Å². The average molecular weight is 169 g/mol. The maximum absolute atomic E-state index is 5.67. The first-order valence-electron chi connectivity index (χ1n) is 3.99. The second-order valence-corrected chi connectivity index (χ2v) is 2.73. The molecule has 1 aromatic heterocycles. The number of hydrogen-bond donors (Lipinski definition) is 3. The standard InChI is InChI=1S/C7H15N5/c1-2-5(3-8)12-7(10)6(9)4-11-12/h4-5H,2-3,8-10H2,1H3. The lowest BCUT2D eigenvalue weighted by Crippen LogP contribution is -2.21. The molecule has 68 valence electrons. The first kappa shape index (κ1) is 8.86. The van der Waals surface area contributed by atoms with Gasteiger partial charge < -0.3 is 17.2 Å². The molecular formula is C7H15N5. The SMILES string of the molecule is CCC(CN)n1ncc(N)c1N. The van der Waals surface area contributed by atoms with Gasteiger partial charge in [0.2, 0.25) is 0 Å². The van der Waals surface area contributed by atoms with Crippen molar-refractivity contribution in [3.8, 4) is 0 Å². The van der Waals surface area contributed by atoms with Crippen molar-refractivity contribution in [1.82, 2.24) is 9.78 Å². The molecule has 0 aromatic carbocycles. The number of nitrogens with two attached hydrogens (primary N) is 3. The molecule has 1 aromatic rings. The highest BCUT2D eigenvalue weighted by atomic mass is 15.3. The molecule has 5 heteroatoms. The Morgan fingerprint density at radius 3 is 2.58 bits per heavy atom. The first-order valence-corrected chi connectivity index (χ1v) is 3.99. The molecule has 0 saturated heterocycles. The highest BCUT2D eigenvalue weighted by Gasteiger charge is 2.11. The van der Waals surface area contributed by atoms with E-state index in [0.717, 1.165) is 6.42 Å². The zero-order valence-electron chi connectivity index (χ0n) is 7.20. The van der Waals surface area contributed by atoms with E-state index in [0.29, 0.717) is 18.1 Å². The van der Waals surface area contributed by atoms with Gasteiger partial charge in [-0.1, -0.05) is 6.92 Å². The predicted octanol–water partition coefficient (Wildman–Crippen LogP) is -0.0427. The van der Waals surface area contributed by atoms with Gasteiger partial charge in [0.1, 0.15) is 5.82 Å². The summed E-state index contributed by atoms with van der Waals surface area (Å²) >= 11 is 0. The Morgan fingerprint density at radius 1 is 1.58 bits per heavy atom. The van der Waals surface area contributed by atoms with Crippen molar-refractivity contribution in [2.75, 3.05) is 18.0 Å². The molecule has 0 bridgehead atoms. The Bertz CT molecular complexity index is 250. The van der Waals surface area contributed by atoms with E-state index in [2.05, 4.69) is 5.10 Å². The van der Waals surface area contributed by atoms with Gasteiger partial charge in [-0.15, -0.1) is 0 Å². The number of nitrogen functional groups attached to an aromatic ring is 2. The minimum absolute atomic E-state index is 0.155. The van der Waals surface area contributed by atoms with Gasteiger partial charge in [0.25, 0.3) is 0 Å². The molecule has 0 spiro atoms. The average Bonchev–Trinajstić information content (AvgIpc) is 2.38. The summed E-state index contributed by atoms with van der Waals surface area (Å²) in [7, 11) is 0. The quantitative estimate of drug-likeness (QED) is 0.591. The molecule has 6 N–H and O–H groups in total. The summed E-state index contributed by atoms with van der Waals surface area (Å²) in [5.41, 5.74) is 17.3. The Balaban J connectivity index is 2.93. The smallest absolute Gasteiger partial charge is 0.145 e. The van der Waals surface area contributed by atoms with Crippen molar-refractivity contribution in [2.45, 2.75) is 19.4 Å². The third-order valence-corrected chi connectivity index (χ3v) is 1.95. The van der Waals surface area contributed by atoms with Crippen LogP contribution < -0.4 is 17.2 Å². The lowest BCUT2D eigenvalue weighted by atomic mass is 10.2. The Labute approximate surface area is 71.5 Å². The third-order valence-electron chi connectivity index (χ3n) is 1.95. The first-order chi connectivity index (χ1) is 5.70. The van der Waals surface area contributed by atoms with Crippen molar-refractivity contribution >= 4 is 11.5 Å². The monoisotopic (exact) mass is 169 g/mol. The van der Waals surface area contributed by atoms with Crippen molar-refractivity contribution in [2.24, 2.45) is 5.73 Å². The summed E-state index contributed by atoms with van der Waals surface area (Å²) in [4.78, 5) is 0. The zero-order chi connectivity index (χ0) is 9.14. The van der Waals surface area contributed by atoms with Crippen LogP contribution in [0.15, 0.2) is 6.20 Å². The maximum atomic E-state index is 5.67. The highest BCUT2D eigenvalue weighted by Crippen LogP contribution is 2.19. The Morgan fingerprint density at radius 2 is 2.25 bits per heavy atom. The Hall–Kier alpha value is -1.23. The lowest BCUT2D eigenvalue weighted by Gasteiger charge is -2.14. The predicted molar refractivity (Wildman–Crippen MR) is 49.4 cm³/mol. The number of hydrogen-bond acceptors (Lipinski definition) is 4. The van der Waals surface area contributed by atoms with Crippen LogP contribution >= 0.6 is 0 Å². The van der Waals surface area contributed by atoms with Crippen molar-refractivity contribution in [1.29, 1.82) is 0 Å². The molecule has 0 aliphatic rings. The normalized spacial score (nSPS) is 13.2. The minimum atomic E-state index is 0.155. The van der Waals surface area contributed by atoms with E-state index in [1.54, 1.807) is 10.9 Å². The van der Waals surface area contributed by atoms with Crippen LogP contribution in [-0.4, -0.2) is 16.3 Å². The van der Waals surface area contributed by atoms with E-state index in [-0.39, 0.29) is 6.04 Å². The molecule has 1 atom stereocenters. The van der Waals surface area contributed by atoms with E-state index in [1.807, 2.05) is 6.92 Å². The molecule has 12 heavy (non-hydrogen) atoms. The molecule has 0 saturated carbocycles. The number of rotatable bonds is 3.